The SMILES string of the molecule is O=C(NCCc1ccc[nH]1)c1ccnc(OC2CCOC2)c1. The maximum atomic E-state index is 12.1. The largest absolute Gasteiger partial charge is 0.472 e. The molecule has 1 unspecified atom stereocenters. The van der Waals surface area contributed by atoms with Crippen molar-refractivity contribution in [2.45, 2.75) is 18.9 Å². The van der Waals surface area contributed by atoms with E-state index in [9.17, 15) is 4.79 Å². The van der Waals surface area contributed by atoms with Gasteiger partial charge in [0, 0.05) is 49.1 Å². The number of pyridine rings is 1. The number of carbonyl (C=O) groups is 1. The van der Waals surface area contributed by atoms with Crippen LogP contribution >= 0.6 is 0 Å². The van der Waals surface area contributed by atoms with E-state index in [1.807, 2.05) is 18.3 Å². The number of H-pyrrole nitrogens is 1. The number of carbonyl (C=O) groups excluding carboxylic acids is 1. The van der Waals surface area contributed by atoms with Crippen molar-refractivity contribution in [3.63, 3.8) is 0 Å². The predicted octanol–water partition coefficient (Wildman–Crippen LogP) is 1.55. The van der Waals surface area contributed by atoms with Gasteiger partial charge >= 0.3 is 0 Å². The lowest BCUT2D eigenvalue weighted by molar-refractivity contribution is 0.0952. The second-order valence-corrected chi connectivity index (χ2v) is 5.19. The highest BCUT2D eigenvalue weighted by molar-refractivity contribution is 5.94. The van der Waals surface area contributed by atoms with Crippen LogP contribution in [0.3, 0.4) is 0 Å². The van der Waals surface area contributed by atoms with Crippen LogP contribution in [0.4, 0.5) is 0 Å². The third kappa shape index (κ3) is 3.85. The molecule has 2 aromatic rings. The highest BCUT2D eigenvalue weighted by Crippen LogP contribution is 2.15. The molecular formula is C16H19N3O3. The Bertz CT molecular complexity index is 607. The minimum Gasteiger partial charge on any atom is -0.472 e. The molecule has 22 heavy (non-hydrogen) atoms. The summed E-state index contributed by atoms with van der Waals surface area (Å²) in [7, 11) is 0. The molecule has 116 valence electrons. The van der Waals surface area contributed by atoms with Gasteiger partial charge in [-0.3, -0.25) is 4.79 Å². The normalized spacial score (nSPS) is 17.4. The summed E-state index contributed by atoms with van der Waals surface area (Å²) < 4.78 is 11.0. The van der Waals surface area contributed by atoms with E-state index in [2.05, 4.69) is 15.3 Å². The Balaban J connectivity index is 1.52. The monoisotopic (exact) mass is 301 g/mol. The standard InChI is InChI=1S/C16H19N3O3/c20-16(19-8-4-13-2-1-6-17-13)12-3-7-18-15(10-12)22-14-5-9-21-11-14/h1-3,6-7,10,14,17H,4-5,8-9,11H2,(H,19,20). The van der Waals surface area contributed by atoms with Crippen LogP contribution in [0.1, 0.15) is 22.5 Å². The van der Waals surface area contributed by atoms with Gasteiger partial charge in [0.2, 0.25) is 5.88 Å². The Labute approximate surface area is 128 Å². The zero-order valence-corrected chi connectivity index (χ0v) is 12.2. The fraction of sp³-hybridized carbons (Fsp3) is 0.375. The lowest BCUT2D eigenvalue weighted by Crippen LogP contribution is -2.26. The van der Waals surface area contributed by atoms with Crippen LogP contribution in [0.15, 0.2) is 36.7 Å². The first-order valence-electron chi connectivity index (χ1n) is 7.42. The molecule has 1 atom stereocenters. The molecule has 1 fully saturated rings. The number of hydrogen-bond donors (Lipinski definition) is 2. The molecule has 3 heterocycles. The highest BCUT2D eigenvalue weighted by Gasteiger charge is 2.18. The summed E-state index contributed by atoms with van der Waals surface area (Å²) in [4.78, 5) is 19.4. The molecule has 2 N–H and O–H groups in total. The van der Waals surface area contributed by atoms with Crippen LogP contribution in [0.25, 0.3) is 0 Å². The minimum atomic E-state index is -0.124. The molecule has 1 amide bonds. The van der Waals surface area contributed by atoms with Crippen LogP contribution in [-0.4, -0.2) is 41.7 Å². The van der Waals surface area contributed by atoms with Gasteiger partial charge in [0.25, 0.3) is 5.91 Å². The van der Waals surface area contributed by atoms with E-state index in [1.54, 1.807) is 18.3 Å². The summed E-state index contributed by atoms with van der Waals surface area (Å²) in [6, 6.07) is 7.29. The summed E-state index contributed by atoms with van der Waals surface area (Å²) in [6.07, 6.45) is 5.11. The number of hydrogen-bond acceptors (Lipinski definition) is 4. The average molecular weight is 301 g/mol. The van der Waals surface area contributed by atoms with Crippen molar-refractivity contribution < 1.29 is 14.3 Å². The molecule has 0 aromatic carbocycles. The minimum absolute atomic E-state index is 0.0266. The van der Waals surface area contributed by atoms with E-state index in [1.165, 1.54) is 0 Å². The molecule has 0 bridgehead atoms. The molecule has 1 saturated heterocycles. The van der Waals surface area contributed by atoms with Crippen LogP contribution in [-0.2, 0) is 11.2 Å². The number of nitrogens with one attached hydrogen (secondary N) is 2. The molecule has 0 saturated carbocycles. The second-order valence-electron chi connectivity index (χ2n) is 5.19. The highest BCUT2D eigenvalue weighted by atomic mass is 16.5. The fourth-order valence-electron chi connectivity index (χ4n) is 2.33. The van der Waals surface area contributed by atoms with Gasteiger partial charge in [0.1, 0.15) is 6.10 Å². The maximum absolute atomic E-state index is 12.1. The zero-order chi connectivity index (χ0) is 15.2. The van der Waals surface area contributed by atoms with E-state index < -0.39 is 0 Å². The molecule has 0 aliphatic carbocycles. The molecule has 1 aliphatic rings. The molecule has 3 rings (SSSR count). The summed E-state index contributed by atoms with van der Waals surface area (Å²) in [5.74, 6) is 0.342. The van der Waals surface area contributed by atoms with E-state index in [0.29, 0.717) is 31.2 Å². The maximum Gasteiger partial charge on any atom is 0.251 e. The van der Waals surface area contributed by atoms with Gasteiger partial charge < -0.3 is 19.8 Å². The summed E-state index contributed by atoms with van der Waals surface area (Å²) in [5, 5.41) is 2.89. The van der Waals surface area contributed by atoms with E-state index in [0.717, 1.165) is 18.5 Å². The third-order valence-electron chi connectivity index (χ3n) is 3.51. The van der Waals surface area contributed by atoms with Gasteiger partial charge in [-0.2, -0.15) is 0 Å². The first-order valence-corrected chi connectivity index (χ1v) is 7.42. The zero-order valence-electron chi connectivity index (χ0n) is 12.2. The van der Waals surface area contributed by atoms with Crippen molar-refractivity contribution in [3.8, 4) is 5.88 Å². The quantitative estimate of drug-likeness (QED) is 0.849. The van der Waals surface area contributed by atoms with Crippen molar-refractivity contribution in [3.05, 3.63) is 47.9 Å². The predicted molar refractivity (Wildman–Crippen MR) is 80.9 cm³/mol. The van der Waals surface area contributed by atoms with Gasteiger partial charge in [-0.15, -0.1) is 0 Å². The lowest BCUT2D eigenvalue weighted by Gasteiger charge is -2.11. The number of rotatable bonds is 6. The Morgan fingerprint density at radius 2 is 2.45 bits per heavy atom. The van der Waals surface area contributed by atoms with E-state index in [-0.39, 0.29) is 12.0 Å². The van der Waals surface area contributed by atoms with Crippen molar-refractivity contribution in [1.29, 1.82) is 0 Å². The number of amides is 1. The third-order valence-corrected chi connectivity index (χ3v) is 3.51. The molecule has 6 nitrogen and oxygen atoms in total. The van der Waals surface area contributed by atoms with Gasteiger partial charge in [0.05, 0.1) is 13.2 Å². The lowest BCUT2D eigenvalue weighted by atomic mass is 10.2. The summed E-state index contributed by atoms with van der Waals surface area (Å²) in [6.45, 7) is 1.87. The van der Waals surface area contributed by atoms with Crippen LogP contribution < -0.4 is 10.1 Å². The fourth-order valence-corrected chi connectivity index (χ4v) is 2.33. The van der Waals surface area contributed by atoms with Crippen LogP contribution in [0.2, 0.25) is 0 Å². The molecule has 1 aliphatic heterocycles. The first-order chi connectivity index (χ1) is 10.8. The molecule has 0 spiro atoms. The molecule has 2 aromatic heterocycles. The van der Waals surface area contributed by atoms with Gasteiger partial charge in [0.15, 0.2) is 0 Å². The van der Waals surface area contributed by atoms with Crippen molar-refractivity contribution in [1.82, 2.24) is 15.3 Å². The smallest absolute Gasteiger partial charge is 0.251 e. The Morgan fingerprint density at radius 3 is 3.23 bits per heavy atom. The molecule has 6 heteroatoms. The molecule has 0 radical (unpaired) electrons. The van der Waals surface area contributed by atoms with Crippen molar-refractivity contribution in [2.75, 3.05) is 19.8 Å². The van der Waals surface area contributed by atoms with Crippen molar-refractivity contribution in [2.24, 2.45) is 0 Å². The average Bonchev–Trinajstić information content (AvgIpc) is 3.21. The van der Waals surface area contributed by atoms with Crippen LogP contribution in [0.5, 0.6) is 5.88 Å². The number of ether oxygens (including phenoxy) is 2. The molecular weight excluding hydrogens is 282 g/mol. The topological polar surface area (TPSA) is 76.2 Å². The van der Waals surface area contributed by atoms with Crippen molar-refractivity contribution >= 4 is 5.91 Å². The van der Waals surface area contributed by atoms with E-state index in [4.69, 9.17) is 9.47 Å². The number of aromatic nitrogens is 2. The van der Waals surface area contributed by atoms with E-state index >= 15 is 0 Å². The van der Waals surface area contributed by atoms with Gasteiger partial charge in [-0.05, 0) is 18.2 Å². The number of nitrogens with zero attached hydrogens (tertiary/aromatic N) is 1. The van der Waals surface area contributed by atoms with Crippen LogP contribution in [0, 0.1) is 0 Å². The Morgan fingerprint density at radius 1 is 1.50 bits per heavy atom. The van der Waals surface area contributed by atoms with Gasteiger partial charge in [-0.25, -0.2) is 4.98 Å². The Kier molecular flexibility index (Phi) is 4.70. The Hall–Kier alpha value is -2.34. The first kappa shape index (κ1) is 14.6. The second kappa shape index (κ2) is 7.09. The summed E-state index contributed by atoms with van der Waals surface area (Å²) >= 11 is 0. The number of aromatic amines is 1. The summed E-state index contributed by atoms with van der Waals surface area (Å²) in [5.41, 5.74) is 1.65. The van der Waals surface area contributed by atoms with Gasteiger partial charge in [-0.1, -0.05) is 0 Å².